The van der Waals surface area contributed by atoms with Gasteiger partial charge in [-0.2, -0.15) is 4.98 Å². The summed E-state index contributed by atoms with van der Waals surface area (Å²) in [5.41, 5.74) is 2.63. The molecule has 3 aromatic heterocycles. The number of thiazole rings is 1. The van der Waals surface area contributed by atoms with Crippen molar-refractivity contribution < 1.29 is 14.6 Å². The summed E-state index contributed by atoms with van der Waals surface area (Å²) in [6.45, 7) is 7.52. The largest absolute Gasteiger partial charge is 0.447 e. The van der Waals surface area contributed by atoms with Crippen LogP contribution in [-0.4, -0.2) is 49.9 Å². The molecule has 2 N–H and O–H groups in total. The first-order valence-corrected chi connectivity index (χ1v) is 10.8. The molecule has 1 aliphatic rings. The molecule has 3 aromatic rings. The molecule has 0 radical (unpaired) electrons. The summed E-state index contributed by atoms with van der Waals surface area (Å²) in [4.78, 5) is 32.4. The molecule has 1 amide bonds. The van der Waals surface area contributed by atoms with Crippen LogP contribution in [0.3, 0.4) is 0 Å². The van der Waals surface area contributed by atoms with Crippen molar-refractivity contribution in [1.82, 2.24) is 19.9 Å². The topological polar surface area (TPSA) is 113 Å². The number of hydrogen-bond donors (Lipinski definition) is 2. The minimum atomic E-state index is -0.746. The number of hydrogen-bond acceptors (Lipinski definition) is 9. The molecule has 0 spiro atoms. The Bertz CT molecular complexity index is 1080. The van der Waals surface area contributed by atoms with Crippen molar-refractivity contribution in [2.75, 3.05) is 16.8 Å². The Morgan fingerprint density at radius 3 is 2.71 bits per heavy atom. The van der Waals surface area contributed by atoms with E-state index >= 15 is 0 Å². The number of aliphatic hydroxyl groups excluding tert-OH is 1. The number of pyridine rings is 1. The lowest BCUT2D eigenvalue weighted by Crippen LogP contribution is -2.41. The SMILES string of the molecule is Cc1ccc(-c2ncc([C@H](C)Nc3nc(C)cc(N4C(=O)OCC4[C@@H](C)O)n3)s2)cn1. The fraction of sp³-hybridized carbons (Fsp3) is 0.381. The number of nitrogens with zero attached hydrogens (tertiary/aromatic N) is 5. The number of rotatable bonds is 6. The molecule has 31 heavy (non-hydrogen) atoms. The average Bonchev–Trinajstić information content (AvgIpc) is 3.35. The Labute approximate surface area is 184 Å². The molecule has 1 saturated heterocycles. The normalized spacial score (nSPS) is 18.0. The van der Waals surface area contributed by atoms with E-state index in [1.165, 1.54) is 4.90 Å². The Balaban J connectivity index is 1.54. The zero-order valence-electron chi connectivity index (χ0n) is 17.7. The highest BCUT2D eigenvalue weighted by molar-refractivity contribution is 7.15. The van der Waals surface area contributed by atoms with Gasteiger partial charge in [-0.1, -0.05) is 0 Å². The lowest BCUT2D eigenvalue weighted by atomic mass is 10.2. The van der Waals surface area contributed by atoms with Crippen molar-refractivity contribution in [3.63, 3.8) is 0 Å². The number of ether oxygens (including phenoxy) is 1. The zero-order valence-corrected chi connectivity index (χ0v) is 18.6. The van der Waals surface area contributed by atoms with Crippen LogP contribution in [-0.2, 0) is 4.74 Å². The molecule has 9 nitrogen and oxygen atoms in total. The second-order valence-electron chi connectivity index (χ2n) is 7.57. The van der Waals surface area contributed by atoms with Crippen LogP contribution in [0.4, 0.5) is 16.6 Å². The molecule has 0 bridgehead atoms. The van der Waals surface area contributed by atoms with Crippen molar-refractivity contribution in [2.24, 2.45) is 0 Å². The third-order valence-corrected chi connectivity index (χ3v) is 6.23. The number of aryl methyl sites for hydroxylation is 2. The van der Waals surface area contributed by atoms with Crippen molar-refractivity contribution in [3.8, 4) is 10.6 Å². The number of cyclic esters (lactones) is 1. The first-order chi connectivity index (χ1) is 14.8. The molecule has 0 saturated carbocycles. The summed E-state index contributed by atoms with van der Waals surface area (Å²) in [6.07, 6.45) is 2.38. The van der Waals surface area contributed by atoms with Gasteiger partial charge in [0.25, 0.3) is 0 Å². The third-order valence-electron chi connectivity index (χ3n) is 5.00. The summed E-state index contributed by atoms with van der Waals surface area (Å²) < 4.78 is 5.11. The predicted molar refractivity (Wildman–Crippen MR) is 118 cm³/mol. The van der Waals surface area contributed by atoms with Gasteiger partial charge in [0.05, 0.1) is 12.1 Å². The number of aromatic nitrogens is 4. The second kappa shape index (κ2) is 8.56. The molecule has 10 heteroatoms. The van der Waals surface area contributed by atoms with Crippen LogP contribution in [0.15, 0.2) is 30.6 Å². The molecule has 3 atom stereocenters. The van der Waals surface area contributed by atoms with Crippen LogP contribution >= 0.6 is 11.3 Å². The number of amides is 1. The average molecular weight is 441 g/mol. The van der Waals surface area contributed by atoms with E-state index in [1.54, 1.807) is 24.3 Å². The standard InChI is InChI=1S/C21H24N6O3S/c1-11-5-6-15(8-22-11)19-23-9-17(31-19)13(3)25-20-24-12(2)7-18(26-20)27-16(14(4)28)10-30-21(27)29/h5-9,13-14,16,28H,10H2,1-4H3,(H,24,25,26)/t13-,14+,16?/m0/s1. The van der Waals surface area contributed by atoms with Crippen molar-refractivity contribution in [1.29, 1.82) is 0 Å². The summed E-state index contributed by atoms with van der Waals surface area (Å²) >= 11 is 1.57. The van der Waals surface area contributed by atoms with Gasteiger partial charge in [-0.05, 0) is 39.8 Å². The molecule has 0 aliphatic carbocycles. The van der Waals surface area contributed by atoms with Crippen molar-refractivity contribution in [2.45, 2.75) is 45.9 Å². The lowest BCUT2D eigenvalue weighted by Gasteiger charge is -2.23. The maximum atomic E-state index is 12.2. The van der Waals surface area contributed by atoms with Gasteiger partial charge in [0.2, 0.25) is 5.95 Å². The molecule has 1 fully saturated rings. The van der Waals surface area contributed by atoms with Crippen LogP contribution in [0.2, 0.25) is 0 Å². The molecule has 1 unspecified atom stereocenters. The van der Waals surface area contributed by atoms with Gasteiger partial charge in [0.15, 0.2) is 0 Å². The zero-order chi connectivity index (χ0) is 22.1. The third kappa shape index (κ3) is 4.49. The van der Waals surface area contributed by atoms with Gasteiger partial charge in [-0.25, -0.2) is 14.8 Å². The van der Waals surface area contributed by atoms with Crippen LogP contribution in [0.5, 0.6) is 0 Å². The van der Waals surface area contributed by atoms with Gasteiger partial charge in [0.1, 0.15) is 23.5 Å². The molecule has 0 aromatic carbocycles. The van der Waals surface area contributed by atoms with E-state index in [0.29, 0.717) is 17.5 Å². The fourth-order valence-corrected chi connectivity index (χ4v) is 4.18. The van der Waals surface area contributed by atoms with E-state index in [1.807, 2.05) is 45.3 Å². The second-order valence-corrected chi connectivity index (χ2v) is 8.63. The summed E-state index contributed by atoms with van der Waals surface area (Å²) in [6, 6.07) is 5.08. The summed E-state index contributed by atoms with van der Waals surface area (Å²) in [5, 5.41) is 14.2. The van der Waals surface area contributed by atoms with E-state index in [0.717, 1.165) is 21.1 Å². The van der Waals surface area contributed by atoms with Crippen LogP contribution in [0, 0.1) is 13.8 Å². The van der Waals surface area contributed by atoms with Gasteiger partial charge in [-0.3, -0.25) is 9.88 Å². The Morgan fingerprint density at radius 2 is 2.00 bits per heavy atom. The van der Waals surface area contributed by atoms with Crippen LogP contribution in [0.25, 0.3) is 10.6 Å². The monoisotopic (exact) mass is 440 g/mol. The summed E-state index contributed by atoms with van der Waals surface area (Å²) in [7, 11) is 0. The smallest absolute Gasteiger partial charge is 0.416 e. The van der Waals surface area contributed by atoms with Crippen LogP contribution < -0.4 is 10.2 Å². The Kier molecular flexibility index (Phi) is 5.84. The number of anilines is 2. The van der Waals surface area contributed by atoms with E-state index in [4.69, 9.17) is 4.74 Å². The number of aliphatic hydroxyl groups is 1. The maximum Gasteiger partial charge on any atom is 0.416 e. The first-order valence-electron chi connectivity index (χ1n) is 9.97. The van der Waals surface area contributed by atoms with Gasteiger partial charge in [0, 0.05) is 40.3 Å². The lowest BCUT2D eigenvalue weighted by molar-refractivity contribution is 0.142. The fourth-order valence-electron chi connectivity index (χ4n) is 3.27. The van der Waals surface area contributed by atoms with Crippen molar-refractivity contribution in [3.05, 3.63) is 46.9 Å². The van der Waals surface area contributed by atoms with E-state index in [9.17, 15) is 9.90 Å². The molecular weight excluding hydrogens is 416 g/mol. The van der Waals surface area contributed by atoms with Crippen LogP contribution in [0.1, 0.15) is 36.2 Å². The predicted octanol–water partition coefficient (Wildman–Crippen LogP) is 3.49. The highest BCUT2D eigenvalue weighted by atomic mass is 32.1. The molecule has 4 heterocycles. The maximum absolute atomic E-state index is 12.2. The van der Waals surface area contributed by atoms with Gasteiger partial charge < -0.3 is 15.2 Å². The van der Waals surface area contributed by atoms with E-state index in [-0.39, 0.29) is 12.6 Å². The number of nitrogens with one attached hydrogen (secondary N) is 1. The molecule has 4 rings (SSSR count). The highest BCUT2D eigenvalue weighted by Gasteiger charge is 2.38. The number of carbonyl (C=O) groups is 1. The molecule has 162 valence electrons. The summed E-state index contributed by atoms with van der Waals surface area (Å²) in [5.74, 6) is 0.782. The van der Waals surface area contributed by atoms with E-state index < -0.39 is 18.2 Å². The Morgan fingerprint density at radius 1 is 1.19 bits per heavy atom. The quantitative estimate of drug-likeness (QED) is 0.599. The van der Waals surface area contributed by atoms with Crippen molar-refractivity contribution >= 4 is 29.2 Å². The minimum absolute atomic E-state index is 0.0996. The highest BCUT2D eigenvalue weighted by Crippen LogP contribution is 2.30. The first kappa shape index (κ1) is 21.1. The Hall–Kier alpha value is -3.11. The molecule has 1 aliphatic heterocycles. The van der Waals surface area contributed by atoms with E-state index in [2.05, 4.69) is 25.3 Å². The van der Waals surface area contributed by atoms with Gasteiger partial charge >= 0.3 is 6.09 Å². The minimum Gasteiger partial charge on any atom is -0.447 e. The van der Waals surface area contributed by atoms with Gasteiger partial charge in [-0.15, -0.1) is 11.3 Å². The molecular formula is C21H24N6O3S. The number of carbonyl (C=O) groups excluding carboxylic acids is 1.